The van der Waals surface area contributed by atoms with Crippen molar-refractivity contribution in [1.82, 2.24) is 4.90 Å². The van der Waals surface area contributed by atoms with Gasteiger partial charge in [-0.1, -0.05) is 30.3 Å². The summed E-state index contributed by atoms with van der Waals surface area (Å²) in [6.45, 7) is 5.16. The molecule has 0 spiro atoms. The summed E-state index contributed by atoms with van der Waals surface area (Å²) in [4.78, 5) is 23.6. The lowest BCUT2D eigenvalue weighted by atomic mass is 10.1. The van der Waals surface area contributed by atoms with Crippen molar-refractivity contribution in [2.24, 2.45) is 0 Å². The number of hydrogen-bond acceptors (Lipinski definition) is 4. The van der Waals surface area contributed by atoms with E-state index in [4.69, 9.17) is 4.74 Å². The van der Waals surface area contributed by atoms with Crippen LogP contribution in [0.2, 0.25) is 0 Å². The summed E-state index contributed by atoms with van der Waals surface area (Å²) in [6.07, 6.45) is -1.70. The summed E-state index contributed by atoms with van der Waals surface area (Å²) >= 11 is 0. The lowest BCUT2D eigenvalue weighted by Crippen LogP contribution is -2.45. The third-order valence-corrected chi connectivity index (χ3v) is 2.63. The SMILES string of the molecule is CN(C(=O)OC(C)(C)C)C(Cc1ccccc1)[N+](=O)[O-]. The van der Waals surface area contributed by atoms with Crippen LogP contribution in [0.4, 0.5) is 4.79 Å². The van der Waals surface area contributed by atoms with E-state index in [0.717, 1.165) is 10.5 Å². The van der Waals surface area contributed by atoms with Gasteiger partial charge in [0.05, 0.1) is 6.42 Å². The summed E-state index contributed by atoms with van der Waals surface area (Å²) in [5.41, 5.74) is 0.115. The molecule has 6 nitrogen and oxygen atoms in total. The lowest BCUT2D eigenvalue weighted by molar-refractivity contribution is -0.544. The fourth-order valence-electron chi connectivity index (χ4n) is 1.63. The Bertz CT molecular complexity index is 468. The number of hydrogen-bond donors (Lipinski definition) is 0. The monoisotopic (exact) mass is 280 g/mol. The van der Waals surface area contributed by atoms with Crippen LogP contribution in [0.5, 0.6) is 0 Å². The molecule has 1 rings (SSSR count). The van der Waals surface area contributed by atoms with Crippen LogP contribution >= 0.6 is 0 Å². The van der Waals surface area contributed by atoms with Gasteiger partial charge in [0.2, 0.25) is 0 Å². The fourth-order valence-corrected chi connectivity index (χ4v) is 1.63. The minimum atomic E-state index is -1.15. The maximum absolute atomic E-state index is 11.9. The predicted octanol–water partition coefficient (Wildman–Crippen LogP) is 2.70. The molecule has 1 atom stereocenters. The van der Waals surface area contributed by atoms with Crippen molar-refractivity contribution < 1.29 is 14.5 Å². The molecule has 0 aromatic heterocycles. The van der Waals surface area contributed by atoms with Crippen molar-refractivity contribution in [1.29, 1.82) is 0 Å². The summed E-state index contributed by atoms with van der Waals surface area (Å²) < 4.78 is 5.15. The first kappa shape index (κ1) is 15.9. The highest BCUT2D eigenvalue weighted by Crippen LogP contribution is 2.14. The van der Waals surface area contributed by atoms with Crippen LogP contribution in [0.15, 0.2) is 30.3 Å². The number of ether oxygens (including phenoxy) is 1. The van der Waals surface area contributed by atoms with E-state index in [9.17, 15) is 14.9 Å². The van der Waals surface area contributed by atoms with Gasteiger partial charge in [0.15, 0.2) is 0 Å². The van der Waals surface area contributed by atoms with Crippen molar-refractivity contribution in [3.8, 4) is 0 Å². The normalized spacial score (nSPS) is 12.6. The summed E-state index contributed by atoms with van der Waals surface area (Å²) in [6, 6.07) is 9.03. The molecule has 0 N–H and O–H groups in total. The minimum absolute atomic E-state index is 0.142. The number of nitrogens with zero attached hydrogens (tertiary/aromatic N) is 2. The van der Waals surface area contributed by atoms with E-state index in [-0.39, 0.29) is 6.42 Å². The molecule has 1 unspecified atom stereocenters. The van der Waals surface area contributed by atoms with Crippen molar-refractivity contribution in [3.63, 3.8) is 0 Å². The zero-order valence-electron chi connectivity index (χ0n) is 12.2. The Morgan fingerprint density at radius 2 is 1.90 bits per heavy atom. The number of rotatable bonds is 4. The molecule has 1 amide bonds. The van der Waals surface area contributed by atoms with Gasteiger partial charge in [-0.05, 0) is 26.3 Å². The fraction of sp³-hybridized carbons (Fsp3) is 0.500. The highest BCUT2D eigenvalue weighted by atomic mass is 16.6. The van der Waals surface area contributed by atoms with Gasteiger partial charge >= 0.3 is 6.09 Å². The maximum atomic E-state index is 11.9. The molecule has 20 heavy (non-hydrogen) atoms. The molecule has 0 bridgehead atoms. The molecule has 1 aromatic rings. The Balaban J connectivity index is 2.81. The van der Waals surface area contributed by atoms with Gasteiger partial charge < -0.3 is 4.74 Å². The van der Waals surface area contributed by atoms with Crippen molar-refractivity contribution in [3.05, 3.63) is 46.0 Å². The number of carbonyl (C=O) groups excluding carboxylic acids is 1. The van der Waals surface area contributed by atoms with Gasteiger partial charge in [-0.15, -0.1) is 0 Å². The van der Waals surface area contributed by atoms with Crippen LogP contribution in [0.3, 0.4) is 0 Å². The Morgan fingerprint density at radius 1 is 1.35 bits per heavy atom. The topological polar surface area (TPSA) is 72.7 Å². The van der Waals surface area contributed by atoms with Crippen LogP contribution in [0, 0.1) is 10.1 Å². The quantitative estimate of drug-likeness (QED) is 0.483. The van der Waals surface area contributed by atoms with Crippen LogP contribution in [-0.4, -0.2) is 34.7 Å². The average Bonchev–Trinajstić information content (AvgIpc) is 2.34. The van der Waals surface area contributed by atoms with E-state index in [1.807, 2.05) is 6.07 Å². The number of amides is 1. The molecule has 0 aliphatic carbocycles. The van der Waals surface area contributed by atoms with Crippen LogP contribution in [-0.2, 0) is 11.2 Å². The number of benzene rings is 1. The van der Waals surface area contributed by atoms with Crippen LogP contribution in [0.1, 0.15) is 26.3 Å². The van der Waals surface area contributed by atoms with Gasteiger partial charge in [-0.25, -0.2) is 9.69 Å². The molecule has 0 fully saturated rings. The molecule has 0 radical (unpaired) electrons. The van der Waals surface area contributed by atoms with E-state index in [2.05, 4.69) is 0 Å². The van der Waals surface area contributed by atoms with Gasteiger partial charge in [-0.2, -0.15) is 0 Å². The molecular weight excluding hydrogens is 260 g/mol. The first-order valence-electron chi connectivity index (χ1n) is 6.34. The second-order valence-electron chi connectivity index (χ2n) is 5.55. The zero-order valence-corrected chi connectivity index (χ0v) is 12.2. The van der Waals surface area contributed by atoms with Crippen LogP contribution < -0.4 is 0 Å². The predicted molar refractivity (Wildman–Crippen MR) is 74.9 cm³/mol. The van der Waals surface area contributed by atoms with Gasteiger partial charge in [0.1, 0.15) is 5.60 Å². The highest BCUT2D eigenvalue weighted by Gasteiger charge is 2.32. The molecule has 0 saturated heterocycles. The molecule has 0 saturated carbocycles. The number of likely N-dealkylation sites (N-methyl/N-ethyl adjacent to an activating group) is 1. The molecule has 0 aliphatic heterocycles. The summed E-state index contributed by atoms with van der Waals surface area (Å²) in [5, 5.41) is 11.2. The maximum Gasteiger partial charge on any atom is 0.415 e. The van der Waals surface area contributed by atoms with E-state index in [0.29, 0.717) is 0 Å². The molecule has 1 aromatic carbocycles. The summed E-state index contributed by atoms with van der Waals surface area (Å²) in [5.74, 6) is 0. The van der Waals surface area contributed by atoms with Crippen LogP contribution in [0.25, 0.3) is 0 Å². The Kier molecular flexibility index (Phi) is 5.07. The van der Waals surface area contributed by atoms with Crippen molar-refractivity contribution >= 4 is 6.09 Å². The van der Waals surface area contributed by atoms with Crippen molar-refractivity contribution in [2.75, 3.05) is 7.05 Å². The van der Waals surface area contributed by atoms with E-state index < -0.39 is 22.8 Å². The number of carbonyl (C=O) groups is 1. The molecule has 0 aliphatic rings. The van der Waals surface area contributed by atoms with Gasteiger partial charge in [0.25, 0.3) is 6.17 Å². The molecular formula is C14H20N2O4. The first-order valence-corrected chi connectivity index (χ1v) is 6.34. The summed E-state index contributed by atoms with van der Waals surface area (Å²) in [7, 11) is 1.38. The Labute approximate surface area is 118 Å². The minimum Gasteiger partial charge on any atom is -0.444 e. The van der Waals surface area contributed by atoms with E-state index >= 15 is 0 Å². The van der Waals surface area contributed by atoms with Gasteiger partial charge in [0, 0.05) is 12.0 Å². The molecule has 6 heteroatoms. The smallest absolute Gasteiger partial charge is 0.415 e. The average molecular weight is 280 g/mol. The largest absolute Gasteiger partial charge is 0.444 e. The highest BCUT2D eigenvalue weighted by molar-refractivity contribution is 5.68. The van der Waals surface area contributed by atoms with E-state index in [1.165, 1.54) is 7.05 Å². The molecule has 110 valence electrons. The zero-order chi connectivity index (χ0) is 15.3. The number of nitro groups is 1. The van der Waals surface area contributed by atoms with E-state index in [1.54, 1.807) is 45.0 Å². The second-order valence-corrected chi connectivity index (χ2v) is 5.55. The van der Waals surface area contributed by atoms with Crippen molar-refractivity contribution in [2.45, 2.75) is 39.0 Å². The molecule has 0 heterocycles. The first-order chi connectivity index (χ1) is 9.20. The second kappa shape index (κ2) is 6.36. The lowest BCUT2D eigenvalue weighted by Gasteiger charge is -2.26. The Morgan fingerprint density at radius 3 is 2.35 bits per heavy atom. The third-order valence-electron chi connectivity index (χ3n) is 2.63. The van der Waals surface area contributed by atoms with Gasteiger partial charge in [-0.3, -0.25) is 10.1 Å². The standard InChI is InChI=1S/C14H20N2O4/c1-14(2,3)20-13(17)15(4)12(16(18)19)10-11-8-6-5-7-9-11/h5-9,12H,10H2,1-4H3. The third kappa shape index (κ3) is 4.87. The Hall–Kier alpha value is -2.11.